The summed E-state index contributed by atoms with van der Waals surface area (Å²) >= 11 is 0. The first kappa shape index (κ1) is 15.7. The molecule has 4 nitrogen and oxygen atoms in total. The van der Waals surface area contributed by atoms with Gasteiger partial charge in [0.25, 0.3) is 0 Å². The maximum atomic E-state index is 12.2. The van der Waals surface area contributed by atoms with Crippen LogP contribution >= 0.6 is 0 Å². The van der Waals surface area contributed by atoms with Crippen molar-refractivity contribution in [3.8, 4) is 0 Å². The van der Waals surface area contributed by atoms with Crippen LogP contribution in [0.25, 0.3) is 0 Å². The topological polar surface area (TPSA) is 63.4 Å². The molecule has 18 heavy (non-hydrogen) atoms. The smallest absolute Gasteiger partial charge is 0.324 e. The second-order valence-corrected chi connectivity index (χ2v) is 7.13. The van der Waals surface area contributed by atoms with Gasteiger partial charge >= 0.3 is 6.18 Å². The van der Waals surface area contributed by atoms with Gasteiger partial charge in [0.2, 0.25) is 10.0 Å². The second kappa shape index (κ2) is 5.34. The van der Waals surface area contributed by atoms with Gasteiger partial charge < -0.3 is 5.73 Å². The minimum absolute atomic E-state index is 0.343. The summed E-state index contributed by atoms with van der Waals surface area (Å²) in [6, 6.07) is 0. The molecule has 0 heterocycles. The molecule has 0 aromatic rings. The van der Waals surface area contributed by atoms with Crippen LogP contribution < -0.4 is 5.73 Å². The molecule has 0 aromatic heterocycles. The molecule has 1 aliphatic rings. The fourth-order valence-corrected chi connectivity index (χ4v) is 3.80. The molecule has 0 spiro atoms. The number of nitrogens with zero attached hydrogens (tertiary/aromatic N) is 1. The van der Waals surface area contributed by atoms with Crippen molar-refractivity contribution in [2.75, 3.05) is 19.3 Å². The van der Waals surface area contributed by atoms with E-state index in [0.717, 1.165) is 26.3 Å². The number of alkyl halides is 3. The summed E-state index contributed by atoms with van der Waals surface area (Å²) in [7, 11) is -3.02. The highest BCUT2D eigenvalue weighted by Gasteiger charge is 2.38. The van der Waals surface area contributed by atoms with Gasteiger partial charge in [-0.25, -0.2) is 8.42 Å². The van der Waals surface area contributed by atoms with E-state index < -0.39 is 34.0 Å². The van der Waals surface area contributed by atoms with Gasteiger partial charge in [0, 0.05) is 12.6 Å². The van der Waals surface area contributed by atoms with Crippen LogP contribution in [0.3, 0.4) is 0 Å². The summed E-state index contributed by atoms with van der Waals surface area (Å²) in [4.78, 5) is 0. The third-order valence-corrected chi connectivity index (χ3v) is 5.21. The molecule has 8 heteroatoms. The summed E-state index contributed by atoms with van der Waals surface area (Å²) in [5.74, 6) is -0.410. The molecule has 0 unspecified atom stereocenters. The van der Waals surface area contributed by atoms with Crippen molar-refractivity contribution in [1.29, 1.82) is 0 Å². The van der Waals surface area contributed by atoms with Crippen molar-refractivity contribution in [2.45, 2.75) is 43.8 Å². The lowest BCUT2D eigenvalue weighted by atomic mass is 9.84. The maximum Gasteiger partial charge on any atom is 0.402 e. The van der Waals surface area contributed by atoms with E-state index >= 15 is 0 Å². The number of sulfonamides is 1. The van der Waals surface area contributed by atoms with Crippen molar-refractivity contribution < 1.29 is 21.6 Å². The van der Waals surface area contributed by atoms with Crippen LogP contribution in [0.5, 0.6) is 0 Å². The van der Waals surface area contributed by atoms with Crippen molar-refractivity contribution in [1.82, 2.24) is 4.31 Å². The summed E-state index contributed by atoms with van der Waals surface area (Å²) in [5, 5.41) is 0. The van der Waals surface area contributed by atoms with Crippen molar-refractivity contribution >= 4 is 10.0 Å². The highest BCUT2D eigenvalue weighted by atomic mass is 32.2. The summed E-state index contributed by atoms with van der Waals surface area (Å²) < 4.78 is 60.5. The molecule has 2 N–H and O–H groups in total. The van der Waals surface area contributed by atoms with E-state index in [4.69, 9.17) is 5.73 Å². The fourth-order valence-electron chi connectivity index (χ4n) is 2.22. The van der Waals surface area contributed by atoms with Gasteiger partial charge in [0.1, 0.15) is 6.54 Å². The average Bonchev–Trinajstić information content (AvgIpc) is 2.14. The number of nitrogens with two attached hydrogens (primary N) is 1. The fraction of sp³-hybridized carbons (Fsp3) is 1.00. The maximum absolute atomic E-state index is 12.2. The minimum Gasteiger partial charge on any atom is -0.324 e. The van der Waals surface area contributed by atoms with E-state index in [-0.39, 0.29) is 0 Å². The predicted octanol–water partition coefficient (Wildman–Crippen LogP) is 1.47. The van der Waals surface area contributed by atoms with E-state index in [9.17, 15) is 21.6 Å². The molecule has 0 aromatic carbocycles. The third kappa shape index (κ3) is 4.74. The molecule has 0 radical (unpaired) electrons. The number of hydrogen-bond acceptors (Lipinski definition) is 3. The largest absolute Gasteiger partial charge is 0.402 e. The molecular formula is C10H19F3N2O2S. The highest BCUT2D eigenvalue weighted by Crippen LogP contribution is 2.28. The lowest BCUT2D eigenvalue weighted by Gasteiger charge is -2.34. The minimum atomic E-state index is -4.53. The zero-order valence-electron chi connectivity index (χ0n) is 10.3. The first-order chi connectivity index (χ1) is 8.04. The molecule has 0 saturated heterocycles. The Morgan fingerprint density at radius 2 is 1.72 bits per heavy atom. The van der Waals surface area contributed by atoms with Crippen molar-refractivity contribution in [2.24, 2.45) is 5.73 Å². The van der Waals surface area contributed by atoms with Crippen LogP contribution in [-0.4, -0.2) is 43.8 Å². The average molecular weight is 288 g/mol. The van der Waals surface area contributed by atoms with Gasteiger partial charge in [-0.2, -0.15) is 17.5 Å². The molecule has 1 rings (SSSR count). The Morgan fingerprint density at radius 3 is 2.17 bits per heavy atom. The lowest BCUT2D eigenvalue weighted by molar-refractivity contribution is -0.134. The van der Waals surface area contributed by atoms with E-state index in [1.54, 1.807) is 0 Å². The van der Waals surface area contributed by atoms with Crippen LogP contribution in [-0.2, 0) is 10.0 Å². The molecule has 0 bridgehead atoms. The van der Waals surface area contributed by atoms with E-state index in [2.05, 4.69) is 0 Å². The van der Waals surface area contributed by atoms with Crippen LogP contribution in [0.15, 0.2) is 0 Å². The highest BCUT2D eigenvalue weighted by molar-refractivity contribution is 7.89. The Bertz CT molecular complexity index is 375. The Balaban J connectivity index is 2.69. The summed E-state index contributed by atoms with van der Waals surface area (Å²) in [6.07, 6.45) is -0.782. The molecule has 0 aliphatic heterocycles. The predicted molar refractivity (Wildman–Crippen MR) is 62.5 cm³/mol. The van der Waals surface area contributed by atoms with Gasteiger partial charge in [-0.05, 0) is 12.8 Å². The molecule has 0 amide bonds. The quantitative estimate of drug-likeness (QED) is 0.852. The molecule has 1 saturated carbocycles. The van der Waals surface area contributed by atoms with Gasteiger partial charge in [0.15, 0.2) is 0 Å². The van der Waals surface area contributed by atoms with Crippen LogP contribution in [0, 0.1) is 0 Å². The zero-order valence-corrected chi connectivity index (χ0v) is 11.1. The van der Waals surface area contributed by atoms with Crippen LogP contribution in [0.2, 0.25) is 0 Å². The first-order valence-corrected chi connectivity index (χ1v) is 7.45. The monoisotopic (exact) mass is 288 g/mol. The Morgan fingerprint density at radius 1 is 1.22 bits per heavy atom. The normalized spacial score (nSPS) is 21.2. The van der Waals surface area contributed by atoms with Crippen molar-refractivity contribution in [3.05, 3.63) is 0 Å². The van der Waals surface area contributed by atoms with E-state index in [0.29, 0.717) is 17.1 Å². The first-order valence-electron chi connectivity index (χ1n) is 5.84. The van der Waals surface area contributed by atoms with E-state index in [1.807, 2.05) is 0 Å². The second-order valence-electron chi connectivity index (χ2n) is 5.05. The van der Waals surface area contributed by atoms with E-state index in [1.165, 1.54) is 0 Å². The van der Waals surface area contributed by atoms with Gasteiger partial charge in [0.05, 0.1) is 5.75 Å². The molecule has 108 valence electrons. The SMILES string of the molecule is CN(CC(F)(F)F)S(=O)(=O)CC1(N)CCCCC1. The lowest BCUT2D eigenvalue weighted by Crippen LogP contribution is -2.51. The van der Waals surface area contributed by atoms with Crippen molar-refractivity contribution in [3.63, 3.8) is 0 Å². The number of rotatable bonds is 4. The van der Waals surface area contributed by atoms with Crippen LogP contribution in [0.4, 0.5) is 13.2 Å². The van der Waals surface area contributed by atoms with Gasteiger partial charge in [-0.15, -0.1) is 0 Å². The van der Waals surface area contributed by atoms with Gasteiger partial charge in [-0.3, -0.25) is 0 Å². The number of hydrogen-bond donors (Lipinski definition) is 1. The standard InChI is InChI=1S/C10H19F3N2O2S/c1-15(7-10(11,12)13)18(16,17)8-9(14)5-3-2-4-6-9/h2-8,14H2,1H3. The Kier molecular flexibility index (Phi) is 4.66. The number of halogens is 3. The molecular weight excluding hydrogens is 269 g/mol. The Hall–Kier alpha value is -0.340. The van der Waals surface area contributed by atoms with Gasteiger partial charge in [-0.1, -0.05) is 19.3 Å². The summed E-state index contributed by atoms with van der Waals surface area (Å²) in [6.45, 7) is -1.47. The molecule has 1 aliphatic carbocycles. The summed E-state index contributed by atoms with van der Waals surface area (Å²) in [5.41, 5.74) is 5.08. The van der Waals surface area contributed by atoms with Crippen LogP contribution in [0.1, 0.15) is 32.1 Å². The molecule has 0 atom stereocenters. The third-order valence-electron chi connectivity index (χ3n) is 3.20. The molecule has 1 fully saturated rings. The Labute approximate surface area is 105 Å². The zero-order chi connectivity index (χ0) is 14.0.